The highest BCUT2D eigenvalue weighted by atomic mass is 35.5. The Bertz CT molecular complexity index is 1410. The molecule has 1 aliphatic rings. The third-order valence-electron chi connectivity index (χ3n) is 6.41. The van der Waals surface area contributed by atoms with Gasteiger partial charge in [0, 0.05) is 16.3 Å². The molecule has 0 aliphatic carbocycles. The van der Waals surface area contributed by atoms with E-state index >= 15 is 0 Å². The summed E-state index contributed by atoms with van der Waals surface area (Å²) in [4.78, 5) is 28.4. The summed E-state index contributed by atoms with van der Waals surface area (Å²) in [7, 11) is 3.02. The van der Waals surface area contributed by atoms with Gasteiger partial charge >= 0.3 is 0 Å². The van der Waals surface area contributed by atoms with E-state index in [1.54, 1.807) is 61.5 Å². The summed E-state index contributed by atoms with van der Waals surface area (Å²) in [5.74, 6) is -0.274. The van der Waals surface area contributed by atoms with Crippen LogP contribution in [0.15, 0.2) is 60.2 Å². The van der Waals surface area contributed by atoms with Gasteiger partial charge in [0.15, 0.2) is 11.5 Å². The molecule has 0 aromatic heterocycles. The van der Waals surface area contributed by atoms with Gasteiger partial charge in [0.2, 0.25) is 0 Å². The van der Waals surface area contributed by atoms with Crippen molar-refractivity contribution in [3.8, 4) is 17.2 Å². The molecule has 1 fully saturated rings. The number of hydrogen-bond acceptors (Lipinski definition) is 6. The molecular formula is C29H28ClNO6. The van der Waals surface area contributed by atoms with Gasteiger partial charge in [0.05, 0.1) is 32.4 Å². The second-order valence-electron chi connectivity index (χ2n) is 8.58. The number of amides is 1. The Balaban J connectivity index is 1.98. The number of carbonyl (C=O) groups excluding carboxylic acids is 2. The monoisotopic (exact) mass is 521 g/mol. The largest absolute Gasteiger partial charge is 0.507 e. The maximum Gasteiger partial charge on any atom is 0.300 e. The number of anilines is 1. The van der Waals surface area contributed by atoms with Crippen molar-refractivity contribution in [2.75, 3.05) is 25.7 Å². The van der Waals surface area contributed by atoms with Crippen LogP contribution in [0, 0.1) is 13.8 Å². The van der Waals surface area contributed by atoms with Gasteiger partial charge in [-0.2, -0.15) is 0 Å². The number of aliphatic hydroxyl groups is 1. The number of methoxy groups -OCH3 is 2. The van der Waals surface area contributed by atoms with E-state index in [-0.39, 0.29) is 11.3 Å². The minimum Gasteiger partial charge on any atom is -0.507 e. The molecule has 1 aliphatic heterocycles. The number of nitrogens with zero attached hydrogens (tertiary/aromatic N) is 1. The Kier molecular flexibility index (Phi) is 7.45. The third kappa shape index (κ3) is 4.62. The Morgan fingerprint density at radius 2 is 1.68 bits per heavy atom. The summed E-state index contributed by atoms with van der Waals surface area (Å²) in [6.45, 7) is 6.01. The summed E-state index contributed by atoms with van der Waals surface area (Å²) in [6.07, 6.45) is 0. The minimum atomic E-state index is -0.941. The van der Waals surface area contributed by atoms with Crippen LogP contribution in [0.4, 0.5) is 5.69 Å². The molecule has 3 aromatic carbocycles. The molecule has 0 radical (unpaired) electrons. The number of aliphatic hydroxyl groups excluding tert-OH is 1. The van der Waals surface area contributed by atoms with Crippen LogP contribution in [-0.4, -0.2) is 37.6 Å². The van der Waals surface area contributed by atoms with Gasteiger partial charge in [-0.25, -0.2) is 0 Å². The average molecular weight is 522 g/mol. The maximum atomic E-state index is 13.5. The number of benzene rings is 3. The number of Topliss-reactive ketones (excluding diaryl/α,β-unsaturated/α-hetero) is 1. The number of hydrogen-bond donors (Lipinski definition) is 1. The van der Waals surface area contributed by atoms with E-state index < -0.39 is 17.7 Å². The van der Waals surface area contributed by atoms with E-state index in [2.05, 4.69) is 0 Å². The van der Waals surface area contributed by atoms with Crippen LogP contribution in [-0.2, 0) is 9.59 Å². The van der Waals surface area contributed by atoms with Crippen LogP contribution in [0.1, 0.15) is 35.2 Å². The first-order valence-corrected chi connectivity index (χ1v) is 12.1. The molecule has 3 aromatic rings. The zero-order valence-electron chi connectivity index (χ0n) is 21.3. The molecule has 1 unspecified atom stereocenters. The lowest BCUT2D eigenvalue weighted by atomic mass is 9.94. The summed E-state index contributed by atoms with van der Waals surface area (Å²) in [5, 5.41) is 11.9. The second-order valence-corrected chi connectivity index (χ2v) is 8.99. The van der Waals surface area contributed by atoms with Gasteiger partial charge in [0.1, 0.15) is 11.5 Å². The molecule has 0 bridgehead atoms. The summed E-state index contributed by atoms with van der Waals surface area (Å²) >= 11 is 6.38. The molecule has 4 rings (SSSR count). The van der Waals surface area contributed by atoms with Gasteiger partial charge in [-0.1, -0.05) is 23.7 Å². The smallest absolute Gasteiger partial charge is 0.300 e. The van der Waals surface area contributed by atoms with Crippen LogP contribution in [0.5, 0.6) is 17.2 Å². The molecule has 1 N–H and O–H groups in total. The van der Waals surface area contributed by atoms with E-state index in [0.29, 0.717) is 51.3 Å². The van der Waals surface area contributed by atoms with Crippen molar-refractivity contribution in [3.63, 3.8) is 0 Å². The summed E-state index contributed by atoms with van der Waals surface area (Å²) < 4.78 is 16.5. The van der Waals surface area contributed by atoms with Gasteiger partial charge in [-0.15, -0.1) is 0 Å². The number of rotatable bonds is 7. The lowest BCUT2D eigenvalue weighted by molar-refractivity contribution is -0.132. The average Bonchev–Trinajstić information content (AvgIpc) is 3.16. The molecule has 0 saturated carbocycles. The van der Waals surface area contributed by atoms with Crippen molar-refractivity contribution in [1.82, 2.24) is 0 Å². The summed E-state index contributed by atoms with van der Waals surface area (Å²) in [6, 6.07) is 14.5. The predicted molar refractivity (Wildman–Crippen MR) is 143 cm³/mol. The van der Waals surface area contributed by atoms with Crippen molar-refractivity contribution < 1.29 is 28.9 Å². The molecule has 1 atom stereocenters. The fourth-order valence-corrected chi connectivity index (χ4v) is 4.72. The van der Waals surface area contributed by atoms with Crippen molar-refractivity contribution in [2.24, 2.45) is 0 Å². The SMILES string of the molecule is CCOc1ccc(/C(O)=C2\C(=O)C(=O)N(c3cccc(Cl)c3C)C2c2ccc(OC)c(OC)c2)cc1C. The zero-order chi connectivity index (χ0) is 26.9. The second kappa shape index (κ2) is 10.6. The van der Waals surface area contributed by atoms with Crippen LogP contribution in [0.3, 0.4) is 0 Å². The first-order valence-electron chi connectivity index (χ1n) is 11.7. The minimum absolute atomic E-state index is 0.0415. The topological polar surface area (TPSA) is 85.3 Å². The Labute approximate surface area is 220 Å². The van der Waals surface area contributed by atoms with E-state index in [0.717, 1.165) is 5.56 Å². The first kappa shape index (κ1) is 26.1. The quantitative estimate of drug-likeness (QED) is 0.233. The fraction of sp³-hybridized carbons (Fsp3) is 0.241. The highest BCUT2D eigenvalue weighted by molar-refractivity contribution is 6.52. The van der Waals surface area contributed by atoms with Crippen molar-refractivity contribution in [1.29, 1.82) is 0 Å². The van der Waals surface area contributed by atoms with Crippen molar-refractivity contribution >= 4 is 34.7 Å². The molecule has 1 amide bonds. The van der Waals surface area contributed by atoms with Gasteiger partial charge in [-0.3, -0.25) is 14.5 Å². The van der Waals surface area contributed by atoms with Crippen molar-refractivity contribution in [3.05, 3.63) is 87.4 Å². The van der Waals surface area contributed by atoms with Gasteiger partial charge in [0.25, 0.3) is 11.7 Å². The number of carbonyl (C=O) groups is 2. The lowest BCUT2D eigenvalue weighted by Crippen LogP contribution is -2.30. The first-order chi connectivity index (χ1) is 17.7. The lowest BCUT2D eigenvalue weighted by Gasteiger charge is -2.27. The highest BCUT2D eigenvalue weighted by Crippen LogP contribution is 2.45. The Morgan fingerprint density at radius 3 is 2.32 bits per heavy atom. The Morgan fingerprint density at radius 1 is 0.973 bits per heavy atom. The van der Waals surface area contributed by atoms with Gasteiger partial charge < -0.3 is 19.3 Å². The standard InChI is InChI=1S/C29H28ClNO6/c1-6-37-22-12-11-19(14-16(22)2)27(32)25-26(18-10-13-23(35-4)24(15-18)36-5)31(29(34)28(25)33)21-9-7-8-20(30)17(21)3/h7-15,26,32H,6H2,1-5H3/b27-25+. The number of ketones is 1. The predicted octanol–water partition coefficient (Wildman–Crippen LogP) is 6.00. The van der Waals surface area contributed by atoms with E-state index in [9.17, 15) is 14.7 Å². The number of aryl methyl sites for hydroxylation is 1. The maximum absolute atomic E-state index is 13.5. The molecule has 192 valence electrons. The van der Waals surface area contributed by atoms with Crippen LogP contribution in [0.2, 0.25) is 5.02 Å². The zero-order valence-corrected chi connectivity index (χ0v) is 22.1. The van der Waals surface area contributed by atoms with E-state index in [4.69, 9.17) is 25.8 Å². The summed E-state index contributed by atoms with van der Waals surface area (Å²) in [5.41, 5.74) is 2.80. The highest BCUT2D eigenvalue weighted by Gasteiger charge is 2.47. The third-order valence-corrected chi connectivity index (χ3v) is 6.82. The van der Waals surface area contributed by atoms with Crippen LogP contribution >= 0.6 is 11.6 Å². The molecular weight excluding hydrogens is 494 g/mol. The molecule has 1 saturated heterocycles. The molecule has 8 heteroatoms. The molecule has 7 nitrogen and oxygen atoms in total. The van der Waals surface area contributed by atoms with Gasteiger partial charge in [-0.05, 0) is 79.9 Å². The number of halogens is 1. The Hall–Kier alpha value is -3.97. The molecule has 0 spiro atoms. The van der Waals surface area contributed by atoms with E-state index in [1.165, 1.54) is 19.1 Å². The van der Waals surface area contributed by atoms with Crippen LogP contribution < -0.4 is 19.1 Å². The fourth-order valence-electron chi connectivity index (χ4n) is 4.55. The molecule has 1 heterocycles. The molecule has 37 heavy (non-hydrogen) atoms. The van der Waals surface area contributed by atoms with Crippen molar-refractivity contribution in [2.45, 2.75) is 26.8 Å². The van der Waals surface area contributed by atoms with Crippen LogP contribution in [0.25, 0.3) is 5.76 Å². The normalized spacial score (nSPS) is 16.7. The number of ether oxygens (including phenoxy) is 3. The van der Waals surface area contributed by atoms with E-state index in [1.807, 2.05) is 13.8 Å².